The molecule has 1 aromatic heterocycles. The normalized spacial score (nSPS) is 14.7. The second kappa shape index (κ2) is 8.85. The van der Waals surface area contributed by atoms with Crippen LogP contribution in [0.3, 0.4) is 0 Å². The van der Waals surface area contributed by atoms with Gasteiger partial charge in [0.05, 0.1) is 4.90 Å². The fourth-order valence-corrected chi connectivity index (χ4v) is 5.77. The van der Waals surface area contributed by atoms with Gasteiger partial charge in [0.25, 0.3) is 5.91 Å². The van der Waals surface area contributed by atoms with Crippen molar-refractivity contribution in [1.29, 1.82) is 0 Å². The molecule has 0 atom stereocenters. The number of amides is 1. The van der Waals surface area contributed by atoms with Gasteiger partial charge in [0, 0.05) is 35.6 Å². The lowest BCUT2D eigenvalue weighted by molar-refractivity contribution is 0.0946. The topological polar surface area (TPSA) is 79.4 Å². The van der Waals surface area contributed by atoms with Crippen LogP contribution in [0.4, 0.5) is 0 Å². The van der Waals surface area contributed by atoms with Crippen LogP contribution in [0.1, 0.15) is 28.9 Å². The van der Waals surface area contributed by atoms with E-state index in [1.807, 2.05) is 12.1 Å². The van der Waals surface area contributed by atoms with Gasteiger partial charge in [0.1, 0.15) is 10.7 Å². The molecule has 0 bridgehead atoms. The molecule has 1 fully saturated rings. The Morgan fingerprint density at radius 2 is 1.87 bits per heavy atom. The van der Waals surface area contributed by atoms with Crippen LogP contribution >= 0.6 is 22.9 Å². The number of halogens is 1. The Kier molecular flexibility index (Phi) is 6.19. The fraction of sp³-hybridized carbons (Fsp3) is 0.238. The molecule has 6 nitrogen and oxygen atoms in total. The van der Waals surface area contributed by atoms with Crippen LogP contribution in [-0.4, -0.2) is 36.7 Å². The van der Waals surface area contributed by atoms with E-state index in [1.54, 1.807) is 41.8 Å². The lowest BCUT2D eigenvalue weighted by Crippen LogP contribution is -2.28. The van der Waals surface area contributed by atoms with E-state index < -0.39 is 10.0 Å². The van der Waals surface area contributed by atoms with Crippen LogP contribution in [0.5, 0.6) is 0 Å². The van der Waals surface area contributed by atoms with Gasteiger partial charge in [-0.1, -0.05) is 35.9 Å². The Labute approximate surface area is 184 Å². The van der Waals surface area contributed by atoms with E-state index in [2.05, 4.69) is 10.3 Å². The number of aromatic nitrogens is 1. The molecule has 0 spiro atoms. The first kappa shape index (κ1) is 21.0. The van der Waals surface area contributed by atoms with E-state index in [0.29, 0.717) is 23.8 Å². The van der Waals surface area contributed by atoms with Crippen molar-refractivity contribution in [2.75, 3.05) is 13.1 Å². The van der Waals surface area contributed by atoms with Crippen molar-refractivity contribution in [2.24, 2.45) is 0 Å². The highest BCUT2D eigenvalue weighted by Gasteiger charge is 2.26. The van der Waals surface area contributed by atoms with Crippen LogP contribution < -0.4 is 5.32 Å². The highest BCUT2D eigenvalue weighted by Crippen LogP contribution is 2.26. The van der Waals surface area contributed by atoms with Crippen molar-refractivity contribution >= 4 is 38.9 Å². The molecule has 156 valence electrons. The number of carbonyl (C=O) groups is 1. The minimum atomic E-state index is -3.43. The molecule has 30 heavy (non-hydrogen) atoms. The second-order valence-electron chi connectivity index (χ2n) is 6.99. The Morgan fingerprint density at radius 1 is 1.13 bits per heavy atom. The fourth-order valence-electron chi connectivity index (χ4n) is 3.26. The minimum Gasteiger partial charge on any atom is -0.347 e. The zero-order valence-corrected chi connectivity index (χ0v) is 18.4. The zero-order chi connectivity index (χ0) is 21.1. The van der Waals surface area contributed by atoms with Crippen molar-refractivity contribution < 1.29 is 13.2 Å². The molecule has 2 heterocycles. The Hall–Kier alpha value is -2.26. The average Bonchev–Trinajstić information content (AvgIpc) is 3.45. The molecule has 2 aromatic carbocycles. The number of carbonyl (C=O) groups excluding carboxylic acids is 1. The summed E-state index contributed by atoms with van der Waals surface area (Å²) in [7, 11) is -3.43. The number of nitrogens with zero attached hydrogens (tertiary/aromatic N) is 2. The van der Waals surface area contributed by atoms with E-state index in [0.717, 1.165) is 29.0 Å². The molecular formula is C21H20ClN3O3S2. The summed E-state index contributed by atoms with van der Waals surface area (Å²) < 4.78 is 26.7. The SMILES string of the molecule is O=C(NCc1ccc(S(=O)(=O)N2CCCC2)cc1)c1csc(-c2cccc(Cl)c2)n1. The molecule has 0 saturated carbocycles. The first-order valence-electron chi connectivity index (χ1n) is 9.52. The predicted molar refractivity (Wildman–Crippen MR) is 118 cm³/mol. The number of hydrogen-bond donors (Lipinski definition) is 1. The Balaban J connectivity index is 1.38. The number of benzene rings is 2. The average molecular weight is 462 g/mol. The van der Waals surface area contributed by atoms with E-state index in [1.165, 1.54) is 15.6 Å². The van der Waals surface area contributed by atoms with Crippen molar-refractivity contribution in [3.05, 3.63) is 70.2 Å². The van der Waals surface area contributed by atoms with Crippen LogP contribution in [0.2, 0.25) is 5.02 Å². The summed E-state index contributed by atoms with van der Waals surface area (Å²) in [5.74, 6) is -0.284. The monoisotopic (exact) mass is 461 g/mol. The molecule has 1 amide bonds. The Morgan fingerprint density at radius 3 is 2.57 bits per heavy atom. The van der Waals surface area contributed by atoms with E-state index in [9.17, 15) is 13.2 Å². The maximum absolute atomic E-state index is 12.6. The summed E-state index contributed by atoms with van der Waals surface area (Å²) in [4.78, 5) is 17.1. The largest absolute Gasteiger partial charge is 0.347 e. The third-order valence-electron chi connectivity index (χ3n) is 4.89. The van der Waals surface area contributed by atoms with E-state index in [4.69, 9.17) is 11.6 Å². The van der Waals surface area contributed by atoms with Crippen LogP contribution in [-0.2, 0) is 16.6 Å². The van der Waals surface area contributed by atoms with Gasteiger partial charge in [-0.25, -0.2) is 13.4 Å². The number of hydrogen-bond acceptors (Lipinski definition) is 5. The summed E-state index contributed by atoms with van der Waals surface area (Å²) in [6.45, 7) is 1.43. The number of rotatable bonds is 6. The van der Waals surface area contributed by atoms with Crippen LogP contribution in [0, 0.1) is 0 Å². The predicted octanol–water partition coefficient (Wildman–Crippen LogP) is 4.18. The van der Waals surface area contributed by atoms with Gasteiger partial charge in [-0.15, -0.1) is 11.3 Å². The lowest BCUT2D eigenvalue weighted by atomic mass is 10.2. The molecular weight excluding hydrogens is 442 g/mol. The van der Waals surface area contributed by atoms with Crippen molar-refractivity contribution in [2.45, 2.75) is 24.3 Å². The first-order chi connectivity index (χ1) is 14.4. The maximum Gasteiger partial charge on any atom is 0.271 e. The molecule has 4 rings (SSSR count). The number of thiazole rings is 1. The van der Waals surface area contributed by atoms with Gasteiger partial charge in [0.15, 0.2) is 0 Å². The third kappa shape index (κ3) is 4.57. The number of nitrogens with one attached hydrogen (secondary N) is 1. The van der Waals surface area contributed by atoms with Gasteiger partial charge in [-0.05, 0) is 42.7 Å². The molecule has 3 aromatic rings. The van der Waals surface area contributed by atoms with Crippen LogP contribution in [0.25, 0.3) is 10.6 Å². The van der Waals surface area contributed by atoms with Crippen molar-refractivity contribution in [3.8, 4) is 10.6 Å². The van der Waals surface area contributed by atoms with Crippen molar-refractivity contribution in [3.63, 3.8) is 0 Å². The van der Waals surface area contributed by atoms with Gasteiger partial charge in [-0.3, -0.25) is 4.79 Å². The third-order valence-corrected chi connectivity index (χ3v) is 7.93. The smallest absolute Gasteiger partial charge is 0.271 e. The lowest BCUT2D eigenvalue weighted by Gasteiger charge is -2.15. The minimum absolute atomic E-state index is 0.283. The molecule has 0 unspecified atom stereocenters. The first-order valence-corrected chi connectivity index (χ1v) is 12.2. The zero-order valence-electron chi connectivity index (χ0n) is 16.0. The van der Waals surface area contributed by atoms with Gasteiger partial charge in [0.2, 0.25) is 10.0 Å². The molecule has 1 saturated heterocycles. The van der Waals surface area contributed by atoms with Gasteiger partial charge >= 0.3 is 0 Å². The van der Waals surface area contributed by atoms with Crippen molar-refractivity contribution in [1.82, 2.24) is 14.6 Å². The highest BCUT2D eigenvalue weighted by atomic mass is 35.5. The van der Waals surface area contributed by atoms with E-state index >= 15 is 0 Å². The summed E-state index contributed by atoms with van der Waals surface area (Å²) in [6.07, 6.45) is 1.80. The summed E-state index contributed by atoms with van der Waals surface area (Å²) in [5.41, 5.74) is 2.01. The standard InChI is InChI=1S/C21H20ClN3O3S2/c22-17-5-3-4-16(12-17)21-24-19(14-29-21)20(26)23-13-15-6-8-18(9-7-15)30(27,28)25-10-1-2-11-25/h3-9,12,14H,1-2,10-11,13H2,(H,23,26). The molecule has 9 heteroatoms. The highest BCUT2D eigenvalue weighted by molar-refractivity contribution is 7.89. The number of sulfonamides is 1. The van der Waals surface area contributed by atoms with Gasteiger partial charge in [-0.2, -0.15) is 4.31 Å². The van der Waals surface area contributed by atoms with Crippen LogP contribution in [0.15, 0.2) is 58.8 Å². The molecule has 1 aliphatic heterocycles. The second-order valence-corrected chi connectivity index (χ2v) is 10.2. The molecule has 0 radical (unpaired) electrons. The van der Waals surface area contributed by atoms with E-state index in [-0.39, 0.29) is 17.3 Å². The van der Waals surface area contributed by atoms with Gasteiger partial charge < -0.3 is 5.32 Å². The molecule has 0 aliphatic carbocycles. The molecule has 1 N–H and O–H groups in total. The summed E-state index contributed by atoms with van der Waals surface area (Å²) in [6, 6.07) is 14.0. The maximum atomic E-state index is 12.6. The summed E-state index contributed by atoms with van der Waals surface area (Å²) >= 11 is 7.39. The quantitative estimate of drug-likeness (QED) is 0.597. The molecule has 1 aliphatic rings. The Bertz CT molecular complexity index is 1150. The summed E-state index contributed by atoms with van der Waals surface area (Å²) in [5, 5.41) is 5.87.